The van der Waals surface area contributed by atoms with Crippen LogP contribution in [0.1, 0.15) is 45.0 Å². The minimum absolute atomic E-state index is 0.0311. The molecule has 1 saturated carbocycles. The maximum atomic E-state index is 11.3. The van der Waals surface area contributed by atoms with Crippen molar-refractivity contribution in [3.63, 3.8) is 0 Å². The molecule has 0 spiro atoms. The van der Waals surface area contributed by atoms with Crippen molar-refractivity contribution in [2.45, 2.75) is 45.6 Å². The molecule has 0 bridgehead atoms. The van der Waals surface area contributed by atoms with Gasteiger partial charge >= 0.3 is 5.97 Å². The third-order valence-electron chi connectivity index (χ3n) is 3.53. The van der Waals surface area contributed by atoms with Gasteiger partial charge in [-0.15, -0.1) is 10.2 Å². The lowest BCUT2D eigenvalue weighted by Crippen LogP contribution is -2.27. The van der Waals surface area contributed by atoms with E-state index >= 15 is 0 Å². The first-order valence-electron chi connectivity index (χ1n) is 6.20. The molecule has 1 atom stereocenters. The van der Waals surface area contributed by atoms with E-state index in [-0.39, 0.29) is 5.92 Å². The van der Waals surface area contributed by atoms with Crippen LogP contribution in [0.15, 0.2) is 6.33 Å². The van der Waals surface area contributed by atoms with Crippen molar-refractivity contribution >= 4 is 5.97 Å². The maximum absolute atomic E-state index is 11.3. The second-order valence-electron chi connectivity index (χ2n) is 5.18. The Morgan fingerprint density at radius 3 is 2.76 bits per heavy atom. The molecule has 0 aromatic carbocycles. The van der Waals surface area contributed by atoms with E-state index < -0.39 is 12.0 Å². The lowest BCUT2D eigenvalue weighted by molar-refractivity contribution is -0.142. The summed E-state index contributed by atoms with van der Waals surface area (Å²) in [6, 6.07) is -0.555. The average molecular weight is 237 g/mol. The van der Waals surface area contributed by atoms with Crippen LogP contribution in [-0.2, 0) is 11.2 Å². The number of hydrogen-bond acceptors (Lipinski definition) is 3. The number of rotatable bonds is 5. The molecule has 1 aromatic rings. The lowest BCUT2D eigenvalue weighted by Gasteiger charge is -2.26. The fourth-order valence-corrected chi connectivity index (χ4v) is 2.33. The van der Waals surface area contributed by atoms with Gasteiger partial charge in [-0.1, -0.05) is 33.1 Å². The summed E-state index contributed by atoms with van der Waals surface area (Å²) in [6.45, 7) is 3.82. The smallest absolute Gasteiger partial charge is 0.327 e. The minimum atomic E-state index is -0.811. The Hall–Kier alpha value is -1.39. The van der Waals surface area contributed by atoms with Gasteiger partial charge in [0.2, 0.25) is 0 Å². The standard InChI is InChI=1S/C12H19N3O2/c1-8(2)11(12(16)17)15-7-13-14-10(15)6-9-4-3-5-9/h7-9,11H,3-6H2,1-2H3,(H,16,17). The number of nitrogens with zero attached hydrogens (tertiary/aromatic N) is 3. The first-order chi connectivity index (χ1) is 8.09. The molecule has 2 rings (SSSR count). The fraction of sp³-hybridized carbons (Fsp3) is 0.750. The molecule has 0 radical (unpaired) electrons. The summed E-state index contributed by atoms with van der Waals surface area (Å²) < 4.78 is 1.73. The van der Waals surface area contributed by atoms with Crippen LogP contribution in [0.4, 0.5) is 0 Å². The van der Waals surface area contributed by atoms with E-state index in [0.29, 0.717) is 5.92 Å². The maximum Gasteiger partial charge on any atom is 0.327 e. The van der Waals surface area contributed by atoms with E-state index in [9.17, 15) is 9.90 Å². The van der Waals surface area contributed by atoms with Crippen molar-refractivity contribution < 1.29 is 9.90 Å². The van der Waals surface area contributed by atoms with Gasteiger partial charge in [0.15, 0.2) is 0 Å². The Bertz CT molecular complexity index is 396. The fourth-order valence-electron chi connectivity index (χ4n) is 2.33. The highest BCUT2D eigenvalue weighted by Crippen LogP contribution is 2.30. The number of carbonyl (C=O) groups is 1. The summed E-state index contributed by atoms with van der Waals surface area (Å²) in [5, 5.41) is 17.2. The van der Waals surface area contributed by atoms with Crippen molar-refractivity contribution in [3.8, 4) is 0 Å². The molecule has 1 N–H and O–H groups in total. The van der Waals surface area contributed by atoms with E-state index in [1.54, 1.807) is 10.9 Å². The van der Waals surface area contributed by atoms with Crippen LogP contribution < -0.4 is 0 Å². The monoisotopic (exact) mass is 237 g/mol. The predicted molar refractivity (Wildman–Crippen MR) is 62.6 cm³/mol. The number of carboxylic acids is 1. The largest absolute Gasteiger partial charge is 0.480 e. The molecule has 1 heterocycles. The number of hydrogen-bond donors (Lipinski definition) is 1. The van der Waals surface area contributed by atoms with Crippen LogP contribution in [-0.4, -0.2) is 25.8 Å². The Balaban J connectivity index is 2.18. The highest BCUT2D eigenvalue weighted by Gasteiger charge is 2.28. The molecule has 1 unspecified atom stereocenters. The zero-order chi connectivity index (χ0) is 12.4. The highest BCUT2D eigenvalue weighted by atomic mass is 16.4. The zero-order valence-corrected chi connectivity index (χ0v) is 10.3. The minimum Gasteiger partial charge on any atom is -0.480 e. The van der Waals surface area contributed by atoms with Gasteiger partial charge in [-0.3, -0.25) is 0 Å². The molecule has 0 saturated heterocycles. The van der Waals surface area contributed by atoms with Gasteiger partial charge in [-0.2, -0.15) is 0 Å². The molecular weight excluding hydrogens is 218 g/mol. The van der Waals surface area contributed by atoms with E-state index in [2.05, 4.69) is 10.2 Å². The third-order valence-corrected chi connectivity index (χ3v) is 3.53. The molecule has 1 aliphatic carbocycles. The number of aliphatic carboxylic acids is 1. The van der Waals surface area contributed by atoms with Gasteiger partial charge in [-0.25, -0.2) is 4.79 Å². The van der Waals surface area contributed by atoms with Crippen LogP contribution in [0, 0.1) is 11.8 Å². The topological polar surface area (TPSA) is 68.0 Å². The number of carboxylic acid groups (broad SMARTS) is 1. The van der Waals surface area contributed by atoms with Crippen molar-refractivity contribution in [2.75, 3.05) is 0 Å². The van der Waals surface area contributed by atoms with Crippen molar-refractivity contribution in [2.24, 2.45) is 11.8 Å². The van der Waals surface area contributed by atoms with Crippen LogP contribution in [0.5, 0.6) is 0 Å². The van der Waals surface area contributed by atoms with Crippen molar-refractivity contribution in [3.05, 3.63) is 12.2 Å². The average Bonchev–Trinajstić information content (AvgIpc) is 2.58. The molecule has 5 heteroatoms. The molecule has 0 aliphatic heterocycles. The van der Waals surface area contributed by atoms with Gasteiger partial charge in [0.1, 0.15) is 18.2 Å². The van der Waals surface area contributed by atoms with Crippen LogP contribution in [0.2, 0.25) is 0 Å². The zero-order valence-electron chi connectivity index (χ0n) is 10.3. The molecule has 94 valence electrons. The van der Waals surface area contributed by atoms with Gasteiger partial charge in [0.05, 0.1) is 0 Å². The molecule has 0 amide bonds. The normalized spacial score (nSPS) is 18.1. The van der Waals surface area contributed by atoms with Crippen molar-refractivity contribution in [1.29, 1.82) is 0 Å². The SMILES string of the molecule is CC(C)C(C(=O)O)n1cnnc1CC1CCC1. The molecule has 1 aliphatic rings. The summed E-state index contributed by atoms with van der Waals surface area (Å²) >= 11 is 0. The van der Waals surface area contributed by atoms with E-state index in [4.69, 9.17) is 0 Å². The Kier molecular flexibility index (Phi) is 3.45. The Morgan fingerprint density at radius 1 is 1.59 bits per heavy atom. The summed E-state index contributed by atoms with van der Waals surface area (Å²) in [6.07, 6.45) is 6.15. The summed E-state index contributed by atoms with van der Waals surface area (Å²) in [4.78, 5) is 11.3. The molecule has 1 aromatic heterocycles. The Morgan fingerprint density at radius 2 is 2.29 bits per heavy atom. The molecule has 5 nitrogen and oxygen atoms in total. The van der Waals surface area contributed by atoms with E-state index in [1.165, 1.54) is 19.3 Å². The molecular formula is C12H19N3O2. The van der Waals surface area contributed by atoms with Crippen LogP contribution in [0.25, 0.3) is 0 Å². The predicted octanol–water partition coefficient (Wildman–Crippen LogP) is 1.90. The summed E-state index contributed by atoms with van der Waals surface area (Å²) in [5.74, 6) is 0.702. The van der Waals surface area contributed by atoms with Crippen molar-refractivity contribution in [1.82, 2.24) is 14.8 Å². The van der Waals surface area contributed by atoms with Gasteiger partial charge < -0.3 is 9.67 Å². The van der Waals surface area contributed by atoms with Crippen LogP contribution >= 0.6 is 0 Å². The van der Waals surface area contributed by atoms with Crippen LogP contribution in [0.3, 0.4) is 0 Å². The van der Waals surface area contributed by atoms with E-state index in [0.717, 1.165) is 12.2 Å². The second kappa shape index (κ2) is 4.85. The highest BCUT2D eigenvalue weighted by molar-refractivity contribution is 5.72. The van der Waals surface area contributed by atoms with E-state index in [1.807, 2.05) is 13.8 Å². The first-order valence-corrected chi connectivity index (χ1v) is 6.20. The first kappa shape index (κ1) is 12.1. The van der Waals surface area contributed by atoms with Gasteiger partial charge in [0.25, 0.3) is 0 Å². The summed E-state index contributed by atoms with van der Waals surface area (Å²) in [5.41, 5.74) is 0. The molecule has 17 heavy (non-hydrogen) atoms. The van der Waals surface area contributed by atoms with Gasteiger partial charge in [-0.05, 0) is 11.8 Å². The number of aromatic nitrogens is 3. The summed E-state index contributed by atoms with van der Waals surface area (Å²) in [7, 11) is 0. The lowest BCUT2D eigenvalue weighted by atomic mass is 9.83. The third kappa shape index (κ3) is 2.48. The molecule has 1 fully saturated rings. The Labute approximate surface area is 101 Å². The second-order valence-corrected chi connectivity index (χ2v) is 5.18. The quantitative estimate of drug-likeness (QED) is 0.849. The van der Waals surface area contributed by atoms with Gasteiger partial charge in [0, 0.05) is 6.42 Å².